The fraction of sp³-hybridized carbons (Fsp3) is 0.400. The summed E-state index contributed by atoms with van der Waals surface area (Å²) >= 11 is 0.988. The average Bonchev–Trinajstić information content (AvgIpc) is 3.79. The Hall–Kier alpha value is -4.22. The number of rotatable bonds is 17. The summed E-state index contributed by atoms with van der Waals surface area (Å²) in [6.45, 7) is 9.98. The topological polar surface area (TPSA) is 146 Å². The molecule has 0 radical (unpaired) electrons. The van der Waals surface area contributed by atoms with Gasteiger partial charge in [-0.25, -0.2) is 12.7 Å². The maximum Gasteiger partial charge on any atom is 0.467 e. The summed E-state index contributed by atoms with van der Waals surface area (Å²) in [6.07, 6.45) is 12.0. The number of anilines is 3. The van der Waals surface area contributed by atoms with Crippen LogP contribution in [-0.4, -0.2) is 69.8 Å². The second-order valence-corrected chi connectivity index (χ2v) is 20.6. The highest BCUT2D eigenvalue weighted by Crippen LogP contribution is 2.49. The molecule has 1 aliphatic carbocycles. The highest BCUT2D eigenvalue weighted by atomic mass is 32.2. The minimum absolute atomic E-state index is 0.254. The van der Waals surface area contributed by atoms with E-state index in [1.807, 2.05) is 42.5 Å². The Morgan fingerprint density at radius 3 is 1.72 bits per heavy atom. The zero-order chi connectivity index (χ0) is 43.3. The van der Waals surface area contributed by atoms with Gasteiger partial charge in [-0.05, 0) is 86.1 Å². The van der Waals surface area contributed by atoms with Crippen LogP contribution in [0.1, 0.15) is 77.3 Å². The molecule has 6 rings (SSSR count). The molecule has 1 fully saturated rings. The first kappa shape index (κ1) is 45.3. The quantitative estimate of drug-likeness (QED) is 0.0333. The minimum Gasteiger partial charge on any atom is -0.748 e. The number of fused-ring (bicyclic) bond motifs is 2. The van der Waals surface area contributed by atoms with Gasteiger partial charge in [-0.2, -0.15) is 4.33 Å². The van der Waals surface area contributed by atoms with Crippen LogP contribution in [0.25, 0.3) is 0 Å². The number of nitrogens with zero attached hydrogens (tertiary/aromatic N) is 4. The Morgan fingerprint density at radius 1 is 0.733 bits per heavy atom. The predicted octanol–water partition coefficient (Wildman–Crippen LogP) is 7.44. The molecule has 2 heterocycles. The first-order valence-corrected chi connectivity index (χ1v) is 24.1. The van der Waals surface area contributed by atoms with Crippen molar-refractivity contribution in [2.24, 2.45) is 0 Å². The van der Waals surface area contributed by atoms with Crippen LogP contribution in [-0.2, 0) is 40.5 Å². The molecule has 322 valence electrons. The third-order valence-electron chi connectivity index (χ3n) is 11.8. The monoisotopic (exact) mass is 875 g/mol. The van der Waals surface area contributed by atoms with E-state index in [2.05, 4.69) is 95.4 Å². The van der Waals surface area contributed by atoms with Gasteiger partial charge in [0.15, 0.2) is 7.05 Å². The van der Waals surface area contributed by atoms with Crippen LogP contribution < -0.4 is 19.4 Å². The summed E-state index contributed by atoms with van der Waals surface area (Å²) in [7, 11) is -5.19. The fourth-order valence-electron chi connectivity index (χ4n) is 8.67. The normalized spacial score (nSPS) is 20.7. The van der Waals surface area contributed by atoms with E-state index in [1.54, 1.807) is 26.2 Å². The molecule has 0 atom stereocenters. The van der Waals surface area contributed by atoms with Gasteiger partial charge in [-0.3, -0.25) is 5.04 Å². The van der Waals surface area contributed by atoms with Gasteiger partial charge in [0.25, 0.3) is 0 Å². The lowest BCUT2D eigenvalue weighted by Crippen LogP contribution is -2.37. The molecule has 0 unspecified atom stereocenters. The van der Waals surface area contributed by atoms with Gasteiger partial charge in [0, 0.05) is 88.4 Å². The van der Waals surface area contributed by atoms with E-state index >= 15 is 0 Å². The molecule has 0 bridgehead atoms. The smallest absolute Gasteiger partial charge is 0.467 e. The Kier molecular flexibility index (Phi) is 14.2. The number of hydrogen-bond acceptors (Lipinski definition) is 11. The van der Waals surface area contributed by atoms with Gasteiger partial charge in [-0.1, -0.05) is 98.4 Å². The van der Waals surface area contributed by atoms with E-state index in [-0.39, 0.29) is 11.8 Å². The molecule has 0 N–H and O–H groups in total. The van der Waals surface area contributed by atoms with Crippen molar-refractivity contribution in [1.29, 1.82) is 0 Å². The fourth-order valence-corrected chi connectivity index (χ4v) is 10.9. The van der Waals surface area contributed by atoms with Crippen LogP contribution in [0.4, 0.5) is 17.1 Å². The molecular formula is C45H55N4O8S3-. The Bertz CT molecular complexity index is 2420. The number of unbranched alkanes of at least 4 members (excludes halogenated alkanes) is 2. The first-order chi connectivity index (χ1) is 28.5. The van der Waals surface area contributed by atoms with Gasteiger partial charge >= 0.3 is 10.2 Å². The zero-order valence-corrected chi connectivity index (χ0v) is 37.6. The second-order valence-electron chi connectivity index (χ2n) is 16.3. The third-order valence-corrected chi connectivity index (χ3v) is 15.0. The molecule has 0 aromatic heterocycles. The summed E-state index contributed by atoms with van der Waals surface area (Å²) in [5, 5.41) is 13.7. The molecule has 2 aliphatic heterocycles. The number of para-hydroxylation sites is 3. The van der Waals surface area contributed by atoms with Crippen molar-refractivity contribution in [2.45, 2.75) is 77.0 Å². The van der Waals surface area contributed by atoms with Crippen molar-refractivity contribution in [1.82, 2.24) is 0 Å². The van der Waals surface area contributed by atoms with E-state index < -0.39 is 31.5 Å². The Morgan fingerprint density at radius 2 is 1.22 bits per heavy atom. The van der Waals surface area contributed by atoms with Crippen molar-refractivity contribution in [2.75, 3.05) is 52.8 Å². The predicted molar refractivity (Wildman–Crippen MR) is 238 cm³/mol. The van der Waals surface area contributed by atoms with Gasteiger partial charge < -0.3 is 19.6 Å². The van der Waals surface area contributed by atoms with Crippen molar-refractivity contribution in [3.05, 3.63) is 137 Å². The van der Waals surface area contributed by atoms with E-state index in [1.165, 1.54) is 13.8 Å². The molecule has 1 saturated carbocycles. The molecule has 0 spiro atoms. The van der Waals surface area contributed by atoms with E-state index in [4.69, 9.17) is 0 Å². The molecule has 3 aliphatic rings. The molecular weight excluding hydrogens is 821 g/mol. The first-order valence-electron chi connectivity index (χ1n) is 20.2. The van der Waals surface area contributed by atoms with E-state index in [0.717, 1.165) is 70.9 Å². The van der Waals surface area contributed by atoms with Crippen LogP contribution in [0.5, 0.6) is 0 Å². The Labute approximate surface area is 360 Å². The van der Waals surface area contributed by atoms with Crippen molar-refractivity contribution < 1.29 is 40.0 Å². The van der Waals surface area contributed by atoms with Crippen LogP contribution in [0, 0.1) is 0 Å². The maximum absolute atomic E-state index is 14.5. The minimum atomic E-state index is -4.32. The SMILES string of the molecule is CN(c1ccccc1)S(=O)(=O)/[N+](C)=C1C(=C/C=C2/N(CCCCSOO[O-])c3ccccc3C2(C)C)CCC/1=C\C=C1\N(CCCCS(=O)(=O)[O-])c2ccccc2C1(C)C. The summed E-state index contributed by atoms with van der Waals surface area (Å²) < 4.78 is 70.3. The van der Waals surface area contributed by atoms with Gasteiger partial charge in [0.05, 0.1) is 15.8 Å². The molecule has 15 heteroatoms. The molecule has 3 aromatic rings. The average molecular weight is 876 g/mol. The van der Waals surface area contributed by atoms with Crippen molar-refractivity contribution >= 4 is 55.1 Å². The molecule has 0 saturated heterocycles. The van der Waals surface area contributed by atoms with E-state index in [9.17, 15) is 26.6 Å². The lowest BCUT2D eigenvalue weighted by molar-refractivity contribution is -0.777. The summed E-state index contributed by atoms with van der Waals surface area (Å²) in [5.74, 6) is 0.199. The van der Waals surface area contributed by atoms with E-state index in [0.29, 0.717) is 43.0 Å². The number of hydrogen-bond donors (Lipinski definition) is 0. The molecule has 12 nitrogen and oxygen atoms in total. The highest BCUT2D eigenvalue weighted by molar-refractivity contribution is 7.94. The van der Waals surface area contributed by atoms with Crippen LogP contribution in [0.2, 0.25) is 0 Å². The standard InChI is InChI=1S/C45H56N4O8S3/c1-44(2)37-20-10-12-22-39(37)48(30-14-16-32-58-57-56-50)41(44)28-26-34-24-25-35(43(34)47(6)60(54,55)46(5)36-18-8-7-9-19-36)27-29-42-45(3,4)38-21-11-13-23-40(38)49(42)31-15-17-33-59(51,52)53/h7-13,18-23,26-29H,14-17,24-25,30-33H2,1-6H3,(H-,50,51,52,53)/p-1. The lowest BCUT2D eigenvalue weighted by atomic mass is 9.83. The van der Waals surface area contributed by atoms with Gasteiger partial charge in [-0.15, -0.1) is 8.42 Å². The number of benzene rings is 3. The zero-order valence-electron chi connectivity index (χ0n) is 35.2. The van der Waals surface area contributed by atoms with Gasteiger partial charge in [0.1, 0.15) is 0 Å². The van der Waals surface area contributed by atoms with Crippen molar-refractivity contribution in [3.8, 4) is 0 Å². The molecule has 0 amide bonds. The van der Waals surface area contributed by atoms with Crippen LogP contribution in [0.3, 0.4) is 0 Å². The lowest BCUT2D eigenvalue weighted by Gasteiger charge is -2.27. The summed E-state index contributed by atoms with van der Waals surface area (Å²) in [4.78, 5) is 4.53. The van der Waals surface area contributed by atoms with Gasteiger partial charge in [0.2, 0.25) is 5.71 Å². The Balaban J connectivity index is 1.43. The van der Waals surface area contributed by atoms with Crippen LogP contribution in [0.15, 0.2) is 126 Å². The van der Waals surface area contributed by atoms with Crippen LogP contribution >= 0.6 is 12.0 Å². The second kappa shape index (κ2) is 18.8. The molecule has 3 aromatic carbocycles. The summed E-state index contributed by atoms with van der Waals surface area (Å²) in [5.41, 5.74) is 8.77. The summed E-state index contributed by atoms with van der Waals surface area (Å²) in [6, 6.07) is 25.5. The molecule has 60 heavy (non-hydrogen) atoms. The largest absolute Gasteiger partial charge is 0.748 e. The maximum atomic E-state index is 14.5. The highest BCUT2D eigenvalue weighted by Gasteiger charge is 2.42. The van der Waals surface area contributed by atoms with Crippen molar-refractivity contribution in [3.63, 3.8) is 0 Å². The number of allylic oxidation sites excluding steroid dienone is 8. The third kappa shape index (κ3) is 9.62.